The van der Waals surface area contributed by atoms with Crippen LogP contribution in [0.25, 0.3) is 10.8 Å². The average Bonchev–Trinajstić information content (AvgIpc) is 3.28. The summed E-state index contributed by atoms with van der Waals surface area (Å²) >= 11 is 3.67. The van der Waals surface area contributed by atoms with Gasteiger partial charge in [0.25, 0.3) is 0 Å². The fourth-order valence-corrected chi connectivity index (χ4v) is 6.04. The molecule has 5 heteroatoms. The summed E-state index contributed by atoms with van der Waals surface area (Å²) in [6.07, 6.45) is 4.05. The molecule has 1 saturated heterocycles. The number of piperidine rings is 1. The van der Waals surface area contributed by atoms with Gasteiger partial charge < -0.3 is 9.64 Å². The quantitative estimate of drug-likeness (QED) is 0.429. The highest BCUT2D eigenvalue weighted by atomic mass is 79.9. The van der Waals surface area contributed by atoms with E-state index in [2.05, 4.69) is 93.4 Å². The molecule has 0 aromatic heterocycles. The highest BCUT2D eigenvalue weighted by Crippen LogP contribution is 2.50. The molecule has 3 aliphatic rings. The van der Waals surface area contributed by atoms with Gasteiger partial charge in [0.15, 0.2) is 0 Å². The number of nitrogens with zero attached hydrogens (tertiary/aromatic N) is 3. The molecule has 0 saturated carbocycles. The van der Waals surface area contributed by atoms with Crippen molar-refractivity contribution >= 4 is 32.4 Å². The van der Waals surface area contributed by atoms with Gasteiger partial charge in [0.05, 0.1) is 11.8 Å². The van der Waals surface area contributed by atoms with Gasteiger partial charge in [-0.1, -0.05) is 65.3 Å². The standard InChI is InChI=1S/C27H28BrN3O/c1-2-14-30-15-12-27(13-16-30)31-25(23-17-20(28)10-11-26(23)32-27)18-24(29-31)22-9-5-7-19-6-3-4-8-21(19)22/h3-11,17,25H,2,12-16,18H2,1H3/t25-/m1/s1. The third-order valence-electron chi connectivity index (χ3n) is 7.24. The molecule has 3 aromatic rings. The topological polar surface area (TPSA) is 28.1 Å². The second-order valence-corrected chi connectivity index (χ2v) is 10.1. The first-order valence-corrected chi connectivity index (χ1v) is 12.5. The van der Waals surface area contributed by atoms with Crippen molar-refractivity contribution in [3.63, 3.8) is 0 Å². The summed E-state index contributed by atoms with van der Waals surface area (Å²) in [5, 5.41) is 10.2. The molecule has 0 unspecified atom stereocenters. The van der Waals surface area contributed by atoms with Crippen LogP contribution in [0.1, 0.15) is 49.8 Å². The predicted molar refractivity (Wildman–Crippen MR) is 133 cm³/mol. The van der Waals surface area contributed by atoms with Crippen molar-refractivity contribution in [3.8, 4) is 5.75 Å². The molecule has 4 nitrogen and oxygen atoms in total. The monoisotopic (exact) mass is 489 g/mol. The van der Waals surface area contributed by atoms with Crippen molar-refractivity contribution in [1.29, 1.82) is 0 Å². The van der Waals surface area contributed by atoms with E-state index in [1.165, 1.54) is 34.0 Å². The van der Waals surface area contributed by atoms with Crippen LogP contribution < -0.4 is 4.74 Å². The van der Waals surface area contributed by atoms with Crippen LogP contribution >= 0.6 is 15.9 Å². The number of hydrogen-bond acceptors (Lipinski definition) is 4. The number of hydrogen-bond donors (Lipinski definition) is 0. The SMILES string of the molecule is CCCN1CCC2(CC1)Oc1ccc(Br)cc1[C@H]1CC(c3cccc4ccccc34)=NN12. The van der Waals surface area contributed by atoms with Gasteiger partial charge in [0.2, 0.25) is 5.72 Å². The van der Waals surface area contributed by atoms with Gasteiger partial charge in [-0.15, -0.1) is 0 Å². The van der Waals surface area contributed by atoms with Crippen LogP contribution in [0.5, 0.6) is 5.75 Å². The van der Waals surface area contributed by atoms with Gasteiger partial charge >= 0.3 is 0 Å². The third kappa shape index (κ3) is 3.25. The molecule has 0 bridgehead atoms. The van der Waals surface area contributed by atoms with E-state index in [1.807, 2.05) is 0 Å². The van der Waals surface area contributed by atoms with E-state index < -0.39 is 0 Å². The van der Waals surface area contributed by atoms with Gasteiger partial charge in [0, 0.05) is 48.0 Å². The maximum Gasteiger partial charge on any atom is 0.200 e. The summed E-state index contributed by atoms with van der Waals surface area (Å²) in [6, 6.07) is 21.8. The normalized spacial score (nSPS) is 21.9. The lowest BCUT2D eigenvalue weighted by molar-refractivity contribution is -0.149. The van der Waals surface area contributed by atoms with E-state index in [0.29, 0.717) is 0 Å². The molecule has 0 amide bonds. The highest BCUT2D eigenvalue weighted by Gasteiger charge is 2.51. The van der Waals surface area contributed by atoms with E-state index in [1.54, 1.807) is 0 Å². The molecule has 3 aromatic carbocycles. The van der Waals surface area contributed by atoms with Gasteiger partial charge in [-0.2, -0.15) is 5.10 Å². The van der Waals surface area contributed by atoms with Gasteiger partial charge in [0.1, 0.15) is 5.75 Å². The third-order valence-corrected chi connectivity index (χ3v) is 7.73. The zero-order valence-electron chi connectivity index (χ0n) is 18.4. The fourth-order valence-electron chi connectivity index (χ4n) is 5.67. The predicted octanol–water partition coefficient (Wildman–Crippen LogP) is 6.35. The Kier molecular flexibility index (Phi) is 4.99. The molecule has 164 valence electrons. The smallest absolute Gasteiger partial charge is 0.200 e. The molecule has 3 heterocycles. The summed E-state index contributed by atoms with van der Waals surface area (Å²) in [4.78, 5) is 2.56. The second-order valence-electron chi connectivity index (χ2n) is 9.21. The molecule has 32 heavy (non-hydrogen) atoms. The van der Waals surface area contributed by atoms with Crippen LogP contribution in [-0.2, 0) is 0 Å². The van der Waals surface area contributed by atoms with E-state index in [4.69, 9.17) is 9.84 Å². The van der Waals surface area contributed by atoms with Crippen LogP contribution in [0.2, 0.25) is 0 Å². The molecule has 0 aliphatic carbocycles. The molecule has 0 radical (unpaired) electrons. The van der Waals surface area contributed by atoms with Crippen molar-refractivity contribution < 1.29 is 4.74 Å². The molecule has 1 atom stereocenters. The average molecular weight is 490 g/mol. The number of fused-ring (bicyclic) bond motifs is 5. The van der Waals surface area contributed by atoms with Crippen LogP contribution in [-0.4, -0.2) is 41.0 Å². The first-order chi connectivity index (χ1) is 15.7. The minimum atomic E-state index is -0.359. The van der Waals surface area contributed by atoms with Crippen molar-refractivity contribution in [2.75, 3.05) is 19.6 Å². The van der Waals surface area contributed by atoms with E-state index in [-0.39, 0.29) is 11.8 Å². The Morgan fingerprint density at radius 1 is 1.06 bits per heavy atom. The molecule has 1 fully saturated rings. The lowest BCUT2D eigenvalue weighted by Crippen LogP contribution is -2.59. The molecule has 3 aliphatic heterocycles. The second kappa shape index (κ2) is 7.89. The van der Waals surface area contributed by atoms with Crippen LogP contribution in [0.15, 0.2) is 70.2 Å². The van der Waals surface area contributed by atoms with Crippen molar-refractivity contribution in [2.24, 2.45) is 5.10 Å². The number of halogens is 1. The molecule has 0 N–H and O–H groups in total. The van der Waals surface area contributed by atoms with Crippen molar-refractivity contribution in [3.05, 3.63) is 76.3 Å². The van der Waals surface area contributed by atoms with Gasteiger partial charge in [-0.3, -0.25) is 0 Å². The summed E-state index contributed by atoms with van der Waals surface area (Å²) < 4.78 is 7.89. The van der Waals surface area contributed by atoms with E-state index >= 15 is 0 Å². The first kappa shape index (κ1) is 20.3. The molecular formula is C27H28BrN3O. The first-order valence-electron chi connectivity index (χ1n) is 11.7. The van der Waals surface area contributed by atoms with Crippen molar-refractivity contribution in [1.82, 2.24) is 9.91 Å². The van der Waals surface area contributed by atoms with E-state index in [0.717, 1.165) is 49.1 Å². The highest BCUT2D eigenvalue weighted by molar-refractivity contribution is 9.10. The zero-order valence-corrected chi connectivity index (χ0v) is 20.0. The lowest BCUT2D eigenvalue weighted by Gasteiger charge is -2.51. The van der Waals surface area contributed by atoms with Crippen molar-refractivity contribution in [2.45, 2.75) is 44.4 Å². The van der Waals surface area contributed by atoms with Crippen LogP contribution in [0.4, 0.5) is 0 Å². The summed E-state index contributed by atoms with van der Waals surface area (Å²) in [6.45, 7) is 5.53. The Bertz CT molecular complexity index is 1190. The van der Waals surface area contributed by atoms with E-state index in [9.17, 15) is 0 Å². The number of rotatable bonds is 3. The maximum absolute atomic E-state index is 6.80. The number of likely N-dealkylation sites (tertiary alicyclic amines) is 1. The van der Waals surface area contributed by atoms with Gasteiger partial charge in [-0.05, 0) is 41.9 Å². The molecular weight excluding hydrogens is 462 g/mol. The number of ether oxygens (including phenoxy) is 1. The maximum atomic E-state index is 6.80. The lowest BCUT2D eigenvalue weighted by atomic mass is 9.90. The minimum absolute atomic E-state index is 0.211. The largest absolute Gasteiger partial charge is 0.466 e. The summed E-state index contributed by atoms with van der Waals surface area (Å²) in [7, 11) is 0. The van der Waals surface area contributed by atoms with Crippen LogP contribution in [0, 0.1) is 0 Å². The number of hydrazone groups is 1. The Morgan fingerprint density at radius 3 is 2.72 bits per heavy atom. The number of benzene rings is 3. The Labute approximate surface area is 198 Å². The molecule has 6 rings (SSSR count). The van der Waals surface area contributed by atoms with Crippen LogP contribution in [0.3, 0.4) is 0 Å². The van der Waals surface area contributed by atoms with Gasteiger partial charge in [-0.25, -0.2) is 5.01 Å². The fraction of sp³-hybridized carbons (Fsp3) is 0.370. The molecule has 1 spiro atoms. The Balaban J connectivity index is 1.43. The Morgan fingerprint density at radius 2 is 1.88 bits per heavy atom. The summed E-state index contributed by atoms with van der Waals surface area (Å²) in [5.41, 5.74) is 3.29. The zero-order chi connectivity index (χ0) is 21.7. The summed E-state index contributed by atoms with van der Waals surface area (Å²) in [5.74, 6) is 1.02. The Hall–Kier alpha value is -2.37. The minimum Gasteiger partial charge on any atom is -0.466 e.